The van der Waals surface area contributed by atoms with Crippen LogP contribution in [-0.2, 0) is 0 Å². The van der Waals surface area contributed by atoms with E-state index in [0.717, 1.165) is 0 Å². The standard InChI is InChI=1S/C6H6N4O/c7-5-4-8-6(11-5)10-3-1-2-9-10/h1-4H,7H2. The number of hydrogen-bond acceptors (Lipinski definition) is 4. The number of rotatable bonds is 1. The fraction of sp³-hybridized carbons (Fsp3) is 0. The summed E-state index contributed by atoms with van der Waals surface area (Å²) in [5.74, 6) is 0.288. The van der Waals surface area contributed by atoms with Gasteiger partial charge in [0.05, 0.1) is 6.20 Å². The summed E-state index contributed by atoms with van der Waals surface area (Å²) < 4.78 is 6.49. The lowest BCUT2D eigenvalue weighted by atomic mass is 10.8. The molecule has 0 bridgehead atoms. The highest BCUT2D eigenvalue weighted by atomic mass is 16.4. The minimum Gasteiger partial charge on any atom is -0.406 e. The maximum absolute atomic E-state index is 5.31. The van der Waals surface area contributed by atoms with Crippen LogP contribution >= 0.6 is 0 Å². The molecular formula is C6H6N4O. The van der Waals surface area contributed by atoms with Crippen LogP contribution in [0.15, 0.2) is 29.1 Å². The Morgan fingerprint density at radius 1 is 1.55 bits per heavy atom. The van der Waals surface area contributed by atoms with Gasteiger partial charge >= 0.3 is 6.01 Å². The van der Waals surface area contributed by atoms with Gasteiger partial charge < -0.3 is 10.2 Å². The molecule has 0 saturated carbocycles. The zero-order chi connectivity index (χ0) is 7.68. The first kappa shape index (κ1) is 5.96. The minimum absolute atomic E-state index is 0.288. The average molecular weight is 150 g/mol. The van der Waals surface area contributed by atoms with Crippen molar-refractivity contribution in [2.45, 2.75) is 0 Å². The lowest BCUT2D eigenvalue weighted by molar-refractivity contribution is 0.525. The van der Waals surface area contributed by atoms with Crippen LogP contribution in [0.5, 0.6) is 0 Å². The molecule has 2 aromatic heterocycles. The van der Waals surface area contributed by atoms with Crippen molar-refractivity contribution in [3.63, 3.8) is 0 Å². The van der Waals surface area contributed by atoms with Gasteiger partial charge in [0.2, 0.25) is 5.88 Å². The fourth-order valence-corrected chi connectivity index (χ4v) is 0.765. The first-order valence-corrected chi connectivity index (χ1v) is 3.07. The van der Waals surface area contributed by atoms with Crippen molar-refractivity contribution in [2.24, 2.45) is 0 Å². The van der Waals surface area contributed by atoms with Crippen molar-refractivity contribution in [1.82, 2.24) is 14.8 Å². The van der Waals surface area contributed by atoms with Gasteiger partial charge in [0.25, 0.3) is 0 Å². The van der Waals surface area contributed by atoms with Gasteiger partial charge in [0.1, 0.15) is 0 Å². The van der Waals surface area contributed by atoms with E-state index >= 15 is 0 Å². The van der Waals surface area contributed by atoms with Crippen LogP contribution in [-0.4, -0.2) is 14.8 Å². The van der Waals surface area contributed by atoms with Gasteiger partial charge in [-0.1, -0.05) is 0 Å². The SMILES string of the molecule is Nc1cnc(-n2cccn2)o1. The second kappa shape index (κ2) is 2.12. The lowest BCUT2D eigenvalue weighted by Gasteiger charge is -1.89. The number of anilines is 1. The topological polar surface area (TPSA) is 69.9 Å². The molecule has 2 N–H and O–H groups in total. The lowest BCUT2D eigenvalue weighted by Crippen LogP contribution is -1.92. The molecule has 0 aromatic carbocycles. The summed E-state index contributed by atoms with van der Waals surface area (Å²) in [5.41, 5.74) is 5.31. The number of nitrogens with zero attached hydrogens (tertiary/aromatic N) is 3. The molecule has 56 valence electrons. The first-order valence-electron chi connectivity index (χ1n) is 3.07. The maximum Gasteiger partial charge on any atom is 0.324 e. The number of hydrogen-bond donors (Lipinski definition) is 1. The number of oxazole rings is 1. The zero-order valence-corrected chi connectivity index (χ0v) is 5.64. The Morgan fingerprint density at radius 3 is 3.00 bits per heavy atom. The Balaban J connectivity index is 2.45. The predicted molar refractivity (Wildman–Crippen MR) is 38.0 cm³/mol. The Labute approximate surface area is 62.4 Å². The van der Waals surface area contributed by atoms with E-state index < -0.39 is 0 Å². The molecule has 0 spiro atoms. The second-order valence-electron chi connectivity index (χ2n) is 2.00. The summed E-state index contributed by atoms with van der Waals surface area (Å²) in [6, 6.07) is 2.16. The molecule has 0 atom stereocenters. The van der Waals surface area contributed by atoms with Gasteiger partial charge in [-0.15, -0.1) is 0 Å². The van der Waals surface area contributed by atoms with Gasteiger partial charge in [-0.3, -0.25) is 0 Å². The highest BCUT2D eigenvalue weighted by Gasteiger charge is 2.01. The summed E-state index contributed by atoms with van der Waals surface area (Å²) in [6.45, 7) is 0. The molecular weight excluding hydrogens is 144 g/mol. The van der Waals surface area contributed by atoms with Gasteiger partial charge in [-0.2, -0.15) is 14.8 Å². The monoisotopic (exact) mass is 150 g/mol. The van der Waals surface area contributed by atoms with E-state index in [1.807, 2.05) is 0 Å². The number of nitrogens with two attached hydrogens (primary N) is 1. The van der Waals surface area contributed by atoms with Crippen LogP contribution in [0.1, 0.15) is 0 Å². The van der Waals surface area contributed by atoms with E-state index in [2.05, 4.69) is 10.1 Å². The first-order chi connectivity index (χ1) is 5.36. The predicted octanol–water partition coefficient (Wildman–Crippen LogP) is 0.443. The van der Waals surface area contributed by atoms with E-state index in [-0.39, 0.29) is 5.88 Å². The Bertz CT molecular complexity index is 337. The Hall–Kier alpha value is -1.78. The van der Waals surface area contributed by atoms with Crippen LogP contribution in [0.25, 0.3) is 6.01 Å². The van der Waals surface area contributed by atoms with Gasteiger partial charge in [0.15, 0.2) is 0 Å². The summed E-state index contributed by atoms with van der Waals surface area (Å²) in [7, 11) is 0. The molecule has 0 fully saturated rings. The Kier molecular flexibility index (Phi) is 1.15. The highest BCUT2D eigenvalue weighted by molar-refractivity contribution is 5.22. The fourth-order valence-electron chi connectivity index (χ4n) is 0.765. The van der Waals surface area contributed by atoms with Crippen LogP contribution in [0, 0.1) is 0 Å². The third-order valence-corrected chi connectivity index (χ3v) is 1.21. The maximum atomic E-state index is 5.31. The van der Waals surface area contributed by atoms with E-state index in [1.54, 1.807) is 18.5 Å². The molecule has 2 rings (SSSR count). The Morgan fingerprint density at radius 2 is 2.45 bits per heavy atom. The number of aromatic nitrogens is 3. The molecule has 0 aliphatic carbocycles. The molecule has 11 heavy (non-hydrogen) atoms. The molecule has 0 aliphatic heterocycles. The zero-order valence-electron chi connectivity index (χ0n) is 5.64. The van der Waals surface area contributed by atoms with Gasteiger partial charge in [-0.05, 0) is 6.07 Å². The molecule has 0 radical (unpaired) electrons. The van der Waals surface area contributed by atoms with E-state index in [0.29, 0.717) is 6.01 Å². The average Bonchev–Trinajstić information content (AvgIpc) is 2.55. The number of nitrogen functional groups attached to an aromatic ring is 1. The highest BCUT2D eigenvalue weighted by Crippen LogP contribution is 2.07. The van der Waals surface area contributed by atoms with Gasteiger partial charge in [0, 0.05) is 12.4 Å². The van der Waals surface area contributed by atoms with Crippen molar-refractivity contribution in [2.75, 3.05) is 5.73 Å². The summed E-state index contributed by atoms with van der Waals surface area (Å²) in [5, 5.41) is 3.90. The molecule has 2 aromatic rings. The van der Waals surface area contributed by atoms with Crippen LogP contribution in [0.2, 0.25) is 0 Å². The van der Waals surface area contributed by atoms with Gasteiger partial charge in [-0.25, -0.2) is 0 Å². The quantitative estimate of drug-likeness (QED) is 0.640. The minimum atomic E-state index is 0.288. The van der Waals surface area contributed by atoms with Crippen molar-refractivity contribution in [3.05, 3.63) is 24.7 Å². The van der Waals surface area contributed by atoms with Crippen molar-refractivity contribution >= 4 is 5.88 Å². The molecule has 0 amide bonds. The third-order valence-electron chi connectivity index (χ3n) is 1.21. The summed E-state index contributed by atoms with van der Waals surface area (Å²) in [6.07, 6.45) is 4.81. The van der Waals surface area contributed by atoms with Crippen LogP contribution in [0.3, 0.4) is 0 Å². The smallest absolute Gasteiger partial charge is 0.324 e. The van der Waals surface area contributed by atoms with Crippen LogP contribution < -0.4 is 5.73 Å². The van der Waals surface area contributed by atoms with Crippen molar-refractivity contribution in [3.8, 4) is 6.01 Å². The van der Waals surface area contributed by atoms with Crippen molar-refractivity contribution < 1.29 is 4.42 Å². The summed E-state index contributed by atoms with van der Waals surface area (Å²) in [4.78, 5) is 3.87. The largest absolute Gasteiger partial charge is 0.406 e. The van der Waals surface area contributed by atoms with Crippen molar-refractivity contribution in [1.29, 1.82) is 0 Å². The molecule has 5 nitrogen and oxygen atoms in total. The normalized spacial score (nSPS) is 10.2. The molecule has 0 unspecified atom stereocenters. The van der Waals surface area contributed by atoms with E-state index in [9.17, 15) is 0 Å². The van der Waals surface area contributed by atoms with E-state index in [4.69, 9.17) is 10.2 Å². The molecule has 0 aliphatic rings. The van der Waals surface area contributed by atoms with E-state index in [1.165, 1.54) is 10.9 Å². The van der Waals surface area contributed by atoms with Crippen LogP contribution in [0.4, 0.5) is 5.88 Å². The molecule has 5 heteroatoms. The molecule has 0 saturated heterocycles. The third kappa shape index (κ3) is 0.958. The summed E-state index contributed by atoms with van der Waals surface area (Å²) >= 11 is 0. The molecule has 2 heterocycles. The second-order valence-corrected chi connectivity index (χ2v) is 2.00.